The van der Waals surface area contributed by atoms with Gasteiger partial charge in [-0.25, -0.2) is 4.98 Å². The molecule has 0 radical (unpaired) electrons. The van der Waals surface area contributed by atoms with Crippen molar-refractivity contribution < 1.29 is 22.7 Å². The summed E-state index contributed by atoms with van der Waals surface area (Å²) in [6.45, 7) is 1.74. The van der Waals surface area contributed by atoms with Crippen molar-refractivity contribution in [2.24, 2.45) is 5.92 Å². The molecule has 1 aliphatic rings. The van der Waals surface area contributed by atoms with Crippen LogP contribution in [-0.2, 0) is 11.0 Å². The zero-order valence-electron chi connectivity index (χ0n) is 16.8. The highest BCUT2D eigenvalue weighted by Crippen LogP contribution is 2.34. The predicted molar refractivity (Wildman–Crippen MR) is 114 cm³/mol. The van der Waals surface area contributed by atoms with E-state index in [-0.39, 0.29) is 16.8 Å². The monoisotopic (exact) mass is 475 g/mol. The first-order valence-corrected chi connectivity index (χ1v) is 10.5. The lowest BCUT2D eigenvalue weighted by Crippen LogP contribution is -2.42. The number of alkyl halides is 3. The van der Waals surface area contributed by atoms with E-state index in [1.807, 2.05) is 4.90 Å². The average molecular weight is 476 g/mol. The Bertz CT molecular complexity index is 919. The lowest BCUT2D eigenvalue weighted by Gasteiger charge is -2.34. The van der Waals surface area contributed by atoms with Gasteiger partial charge in [0.15, 0.2) is 0 Å². The van der Waals surface area contributed by atoms with Gasteiger partial charge in [-0.1, -0.05) is 29.3 Å². The fourth-order valence-electron chi connectivity index (χ4n) is 3.44. The second-order valence-electron chi connectivity index (χ2n) is 7.35. The topological polar surface area (TPSA) is 45.7 Å². The Kier molecular flexibility index (Phi) is 7.54. The van der Waals surface area contributed by atoms with Crippen molar-refractivity contribution in [3.05, 3.63) is 52.1 Å². The zero-order chi connectivity index (χ0) is 22.6. The highest BCUT2D eigenvalue weighted by atomic mass is 35.5. The van der Waals surface area contributed by atoms with Gasteiger partial charge < -0.3 is 14.5 Å². The lowest BCUT2D eigenvalue weighted by molar-refractivity contribution is -0.138. The van der Waals surface area contributed by atoms with E-state index in [1.54, 1.807) is 36.2 Å². The smallest absolute Gasteiger partial charge is 0.417 e. The van der Waals surface area contributed by atoms with Crippen LogP contribution in [0.2, 0.25) is 10.0 Å². The van der Waals surface area contributed by atoms with Gasteiger partial charge in [-0.15, -0.1) is 0 Å². The summed E-state index contributed by atoms with van der Waals surface area (Å²) in [7, 11) is 1.73. The molecule has 5 nitrogen and oxygen atoms in total. The Morgan fingerprint density at radius 3 is 2.58 bits per heavy atom. The standard InChI is InChI=1S/C21H22Cl2F3N3O2/c1-28(9-10-31-17-4-2-3-16(22)12-17)20(30)14-5-7-29(8-6-14)19-18(23)11-15(13-27-19)21(24,25)26/h2-4,11-14H,5-10H2,1H3. The molecule has 3 rings (SSSR count). The number of anilines is 1. The first kappa shape index (κ1) is 23.5. The third-order valence-electron chi connectivity index (χ3n) is 5.16. The molecule has 1 aromatic heterocycles. The summed E-state index contributed by atoms with van der Waals surface area (Å²) in [6.07, 6.45) is -2.57. The molecule has 1 amide bonds. The molecule has 0 unspecified atom stereocenters. The number of hydrogen-bond donors (Lipinski definition) is 0. The Labute approximate surface area is 188 Å². The van der Waals surface area contributed by atoms with Crippen LogP contribution in [0.4, 0.5) is 19.0 Å². The quantitative estimate of drug-likeness (QED) is 0.578. The number of halogens is 5. The number of carbonyl (C=O) groups is 1. The van der Waals surface area contributed by atoms with Crippen LogP contribution in [0.3, 0.4) is 0 Å². The Morgan fingerprint density at radius 1 is 1.26 bits per heavy atom. The van der Waals surface area contributed by atoms with E-state index in [4.69, 9.17) is 27.9 Å². The van der Waals surface area contributed by atoms with Crippen molar-refractivity contribution in [1.29, 1.82) is 0 Å². The number of aromatic nitrogens is 1. The first-order chi connectivity index (χ1) is 14.6. The van der Waals surface area contributed by atoms with Crippen LogP contribution in [-0.4, -0.2) is 49.1 Å². The summed E-state index contributed by atoms with van der Waals surface area (Å²) in [5, 5.41) is 0.534. The molecule has 10 heteroatoms. The molecule has 2 heterocycles. The van der Waals surface area contributed by atoms with E-state index in [1.165, 1.54) is 0 Å². The molecule has 1 aromatic carbocycles. The number of benzene rings is 1. The zero-order valence-corrected chi connectivity index (χ0v) is 18.3. The van der Waals surface area contributed by atoms with Crippen molar-refractivity contribution in [3.63, 3.8) is 0 Å². The van der Waals surface area contributed by atoms with Crippen molar-refractivity contribution in [2.45, 2.75) is 19.0 Å². The van der Waals surface area contributed by atoms with Crippen LogP contribution < -0.4 is 9.64 Å². The number of piperidine rings is 1. The number of carbonyl (C=O) groups excluding carboxylic acids is 1. The predicted octanol–water partition coefficient (Wildman–Crippen LogP) is 5.16. The summed E-state index contributed by atoms with van der Waals surface area (Å²) >= 11 is 12.0. The number of nitrogens with zero attached hydrogens (tertiary/aromatic N) is 3. The molecule has 0 aliphatic carbocycles. The molecule has 31 heavy (non-hydrogen) atoms. The maximum Gasteiger partial charge on any atom is 0.417 e. The van der Waals surface area contributed by atoms with Crippen molar-refractivity contribution in [1.82, 2.24) is 9.88 Å². The van der Waals surface area contributed by atoms with Crippen LogP contribution in [0, 0.1) is 5.92 Å². The van der Waals surface area contributed by atoms with E-state index < -0.39 is 11.7 Å². The Hall–Kier alpha value is -2.19. The van der Waals surface area contributed by atoms with Gasteiger partial charge in [0.05, 0.1) is 17.1 Å². The second-order valence-corrected chi connectivity index (χ2v) is 8.20. The minimum Gasteiger partial charge on any atom is -0.492 e. The van der Waals surface area contributed by atoms with Gasteiger partial charge in [-0.3, -0.25) is 4.79 Å². The summed E-state index contributed by atoms with van der Waals surface area (Å²) in [5.41, 5.74) is -0.882. The summed E-state index contributed by atoms with van der Waals surface area (Å²) in [4.78, 5) is 20.1. The van der Waals surface area contributed by atoms with Crippen LogP contribution in [0.25, 0.3) is 0 Å². The van der Waals surface area contributed by atoms with Gasteiger partial charge in [0, 0.05) is 37.3 Å². The van der Waals surface area contributed by atoms with Crippen LogP contribution in [0.1, 0.15) is 18.4 Å². The number of rotatable bonds is 6. The van der Waals surface area contributed by atoms with Gasteiger partial charge in [-0.05, 0) is 37.1 Å². The number of hydrogen-bond acceptors (Lipinski definition) is 4. The van der Waals surface area contributed by atoms with Gasteiger partial charge in [-0.2, -0.15) is 13.2 Å². The van der Waals surface area contributed by atoms with Crippen LogP contribution >= 0.6 is 23.2 Å². The van der Waals surface area contributed by atoms with Gasteiger partial charge >= 0.3 is 6.18 Å². The van der Waals surface area contributed by atoms with E-state index >= 15 is 0 Å². The van der Waals surface area contributed by atoms with Crippen molar-refractivity contribution in [3.8, 4) is 5.75 Å². The first-order valence-electron chi connectivity index (χ1n) is 9.76. The van der Waals surface area contributed by atoms with Crippen molar-refractivity contribution >= 4 is 34.9 Å². The molecular formula is C21H22Cl2F3N3O2. The van der Waals surface area contributed by atoms with Gasteiger partial charge in [0.1, 0.15) is 18.2 Å². The van der Waals surface area contributed by atoms with Crippen LogP contribution in [0.5, 0.6) is 5.75 Å². The van der Waals surface area contributed by atoms with E-state index in [9.17, 15) is 18.0 Å². The molecule has 0 bridgehead atoms. The highest BCUT2D eigenvalue weighted by molar-refractivity contribution is 6.33. The molecule has 0 N–H and O–H groups in total. The van der Waals surface area contributed by atoms with Crippen LogP contribution in [0.15, 0.2) is 36.5 Å². The summed E-state index contributed by atoms with van der Waals surface area (Å²) < 4.78 is 44.0. The highest BCUT2D eigenvalue weighted by Gasteiger charge is 2.33. The molecule has 1 saturated heterocycles. The molecule has 168 valence electrons. The number of ether oxygens (including phenoxy) is 1. The molecule has 0 atom stereocenters. The molecule has 0 saturated carbocycles. The second kappa shape index (κ2) is 9.96. The average Bonchev–Trinajstić information content (AvgIpc) is 2.72. The third-order valence-corrected chi connectivity index (χ3v) is 5.67. The maximum atomic E-state index is 12.8. The third kappa shape index (κ3) is 6.17. The van der Waals surface area contributed by atoms with Gasteiger partial charge in [0.2, 0.25) is 5.91 Å². The SMILES string of the molecule is CN(CCOc1cccc(Cl)c1)C(=O)C1CCN(c2ncc(C(F)(F)F)cc2Cl)CC1. The minimum atomic E-state index is -4.49. The Morgan fingerprint density at radius 2 is 1.97 bits per heavy atom. The number of amides is 1. The molecule has 1 aliphatic heterocycles. The number of pyridine rings is 1. The van der Waals surface area contributed by atoms with Gasteiger partial charge in [0.25, 0.3) is 0 Å². The van der Waals surface area contributed by atoms with E-state index in [0.29, 0.717) is 55.7 Å². The molecule has 2 aromatic rings. The number of likely N-dealkylation sites (N-methyl/N-ethyl adjacent to an activating group) is 1. The lowest BCUT2D eigenvalue weighted by atomic mass is 9.95. The fourth-order valence-corrected chi connectivity index (χ4v) is 3.90. The van der Waals surface area contributed by atoms with E-state index in [0.717, 1.165) is 12.3 Å². The minimum absolute atomic E-state index is 0.0146. The largest absolute Gasteiger partial charge is 0.492 e. The summed E-state index contributed by atoms with van der Waals surface area (Å²) in [5.74, 6) is 0.799. The maximum absolute atomic E-state index is 12.8. The fraction of sp³-hybridized carbons (Fsp3) is 0.429. The normalized spacial score (nSPS) is 15.1. The Balaban J connectivity index is 1.49. The van der Waals surface area contributed by atoms with E-state index in [2.05, 4.69) is 4.98 Å². The molecule has 0 spiro atoms. The summed E-state index contributed by atoms with van der Waals surface area (Å²) in [6, 6.07) is 7.93. The van der Waals surface area contributed by atoms with Crippen molar-refractivity contribution in [2.75, 3.05) is 38.2 Å². The molecular weight excluding hydrogens is 454 g/mol. The molecule has 1 fully saturated rings.